The predicted molar refractivity (Wildman–Crippen MR) is 234 cm³/mol. The topological polar surface area (TPSA) is 126 Å². The second kappa shape index (κ2) is 15.3. The molecule has 5 atom stereocenters. The molecule has 9 rings (SSSR count). The Hall–Kier alpha value is -5.95. The quantitative estimate of drug-likeness (QED) is 0.153. The normalized spacial score (nSPS) is 22.3. The first-order valence-corrected chi connectivity index (χ1v) is 23.6. The molecule has 1 saturated heterocycles. The van der Waals surface area contributed by atoms with Gasteiger partial charge in [0.2, 0.25) is 5.91 Å². The number of methoxy groups -OCH3 is 2. The molecule has 11 nitrogen and oxygen atoms in total. The van der Waals surface area contributed by atoms with Crippen molar-refractivity contribution < 1.29 is 28.9 Å². The van der Waals surface area contributed by atoms with E-state index in [9.17, 15) is 14.7 Å². The van der Waals surface area contributed by atoms with Crippen molar-refractivity contribution in [2.45, 2.75) is 69.2 Å². The van der Waals surface area contributed by atoms with Crippen LogP contribution in [0.3, 0.4) is 0 Å². The summed E-state index contributed by atoms with van der Waals surface area (Å²) in [7, 11) is 0.702. The molecule has 0 unspecified atom stereocenters. The largest absolute Gasteiger partial charge is 0.497 e. The van der Waals surface area contributed by atoms with E-state index in [0.717, 1.165) is 39.2 Å². The van der Waals surface area contributed by atoms with Crippen LogP contribution in [0.4, 0.5) is 5.69 Å². The summed E-state index contributed by atoms with van der Waals surface area (Å²) in [6.07, 6.45) is 0.0212. The Morgan fingerprint density at radius 1 is 0.883 bits per heavy atom. The van der Waals surface area contributed by atoms with Gasteiger partial charge in [0, 0.05) is 18.0 Å². The number of rotatable bonds is 10. The number of aliphatic hydroxyl groups excluding tert-OH is 1. The van der Waals surface area contributed by atoms with Crippen molar-refractivity contribution in [3.05, 3.63) is 148 Å². The average molecular weight is 823 g/mol. The van der Waals surface area contributed by atoms with Gasteiger partial charge in [0.05, 0.1) is 76.3 Å². The third-order valence-corrected chi connectivity index (χ3v) is 17.8. The maximum atomic E-state index is 15.5. The summed E-state index contributed by atoms with van der Waals surface area (Å²) < 4.78 is 20.1. The number of para-hydroxylation sites is 1. The molecular formula is C48H50N4O7Si. The number of anilines is 1. The minimum Gasteiger partial charge on any atom is -0.497 e. The lowest BCUT2D eigenvalue weighted by Gasteiger charge is -2.39. The Morgan fingerprint density at radius 3 is 2.27 bits per heavy atom. The molecule has 2 N–H and O–H groups in total. The van der Waals surface area contributed by atoms with Crippen molar-refractivity contribution in [2.24, 2.45) is 5.92 Å². The lowest BCUT2D eigenvalue weighted by molar-refractivity contribution is -0.151. The van der Waals surface area contributed by atoms with Gasteiger partial charge in [0.25, 0.3) is 11.5 Å². The molecular weight excluding hydrogens is 773 g/mol. The van der Waals surface area contributed by atoms with Crippen molar-refractivity contribution in [3.8, 4) is 17.2 Å². The molecule has 0 saturated carbocycles. The van der Waals surface area contributed by atoms with Gasteiger partial charge in [-0.1, -0.05) is 85.9 Å². The number of carbonyl (C=O) groups is 2. The molecule has 5 aromatic carbocycles. The minimum absolute atomic E-state index is 0.0587. The number of nitrogens with zero attached hydrogens (tertiary/aromatic N) is 3. The number of hydrogen-bond donors (Lipinski definition) is 2. The number of H-pyrrole nitrogens is 1. The SMILES string of the molecule is COc1ccc([Si](C)(C)[C@H]2[C@H](CC(=O)N3Cc4ccccc4C[C@H]3CO)O[C@@]3(C(=O)N(Cc4ccc(-n5[nH]c6ccccc6c5=O)cc4)c4ccc(OC)cc43)[C@@H]2C)cc1. The molecule has 12 heteroatoms. The van der Waals surface area contributed by atoms with Crippen LogP contribution in [-0.2, 0) is 39.4 Å². The number of fused-ring (bicyclic) bond motifs is 4. The van der Waals surface area contributed by atoms with Crippen LogP contribution in [0.2, 0.25) is 18.6 Å². The summed E-state index contributed by atoms with van der Waals surface area (Å²) in [6, 6.07) is 36.6. The molecule has 0 radical (unpaired) electrons. The van der Waals surface area contributed by atoms with Crippen molar-refractivity contribution in [3.63, 3.8) is 0 Å². The second-order valence-electron chi connectivity index (χ2n) is 16.9. The Kier molecular flexibility index (Phi) is 10.0. The van der Waals surface area contributed by atoms with E-state index in [1.165, 1.54) is 9.87 Å². The van der Waals surface area contributed by atoms with E-state index in [0.29, 0.717) is 29.8 Å². The first-order valence-electron chi connectivity index (χ1n) is 20.6. The number of nitrogens with one attached hydrogen (secondary N) is 1. The van der Waals surface area contributed by atoms with Gasteiger partial charge in [-0.3, -0.25) is 19.5 Å². The van der Waals surface area contributed by atoms with Crippen molar-refractivity contribution in [1.82, 2.24) is 14.7 Å². The standard InChI is InChI=1S/C48H50N4O7Si/c1-30-45(60(4,5)38-21-18-36(57-2)19-22-38)43(26-44(54)50-28-33-11-7-6-10-32(33)24-35(50)29-53)59-48(30)40-25-37(58-3)20-23-42(40)51(47(48)56)27-31-14-16-34(17-15-31)52-46(55)39-12-8-9-13-41(39)49-52/h6-23,25,30,35,43,45,49,53H,24,26-29H2,1-5H3/t30-,35+,43+,45-,48+/m1/s1. The summed E-state index contributed by atoms with van der Waals surface area (Å²) in [6.45, 7) is 7.22. The number of amides is 2. The highest BCUT2D eigenvalue weighted by atomic mass is 28.3. The molecule has 3 aliphatic heterocycles. The third-order valence-electron chi connectivity index (χ3n) is 13.4. The van der Waals surface area contributed by atoms with Crippen molar-refractivity contribution >= 4 is 41.7 Å². The molecule has 6 aromatic rings. The number of aliphatic hydroxyl groups is 1. The zero-order valence-corrected chi connectivity index (χ0v) is 35.6. The number of hydrogen-bond acceptors (Lipinski definition) is 7. The average Bonchev–Trinajstić information content (AvgIpc) is 3.85. The van der Waals surface area contributed by atoms with Gasteiger partial charge in [-0.25, -0.2) is 4.68 Å². The van der Waals surface area contributed by atoms with Crippen LogP contribution >= 0.6 is 0 Å². The predicted octanol–water partition coefficient (Wildman–Crippen LogP) is 6.43. The van der Waals surface area contributed by atoms with Crippen LogP contribution in [0.1, 0.15) is 35.6 Å². The summed E-state index contributed by atoms with van der Waals surface area (Å²) >= 11 is 0. The van der Waals surface area contributed by atoms with Gasteiger partial charge >= 0.3 is 0 Å². The van der Waals surface area contributed by atoms with Crippen molar-refractivity contribution in [2.75, 3.05) is 25.7 Å². The van der Waals surface area contributed by atoms with E-state index in [1.54, 1.807) is 30.1 Å². The van der Waals surface area contributed by atoms with Gasteiger partial charge < -0.3 is 29.1 Å². The number of benzene rings is 5. The zero-order chi connectivity index (χ0) is 41.9. The Balaban J connectivity index is 1.09. The number of ether oxygens (including phenoxy) is 3. The smallest absolute Gasteiger partial charge is 0.279 e. The summed E-state index contributed by atoms with van der Waals surface area (Å²) in [5.74, 6) is 0.729. The molecule has 308 valence electrons. The highest BCUT2D eigenvalue weighted by molar-refractivity contribution is 6.91. The van der Waals surface area contributed by atoms with E-state index in [1.807, 2.05) is 91.0 Å². The number of aromatic amines is 1. The van der Waals surface area contributed by atoms with Gasteiger partial charge in [-0.2, -0.15) is 0 Å². The van der Waals surface area contributed by atoms with E-state index in [-0.39, 0.29) is 54.4 Å². The summed E-state index contributed by atoms with van der Waals surface area (Å²) in [5, 5.41) is 15.5. The number of carbonyl (C=O) groups excluding carboxylic acids is 2. The van der Waals surface area contributed by atoms with Crippen LogP contribution in [0.5, 0.6) is 11.5 Å². The van der Waals surface area contributed by atoms with Crippen LogP contribution in [0.15, 0.2) is 120 Å². The fraction of sp³-hybridized carbons (Fsp3) is 0.312. The Morgan fingerprint density at radius 2 is 1.57 bits per heavy atom. The second-order valence-corrected chi connectivity index (χ2v) is 21.6. The molecule has 4 heterocycles. The first kappa shape index (κ1) is 39.5. The van der Waals surface area contributed by atoms with Gasteiger partial charge in [0.1, 0.15) is 11.5 Å². The highest BCUT2D eigenvalue weighted by Crippen LogP contribution is 2.60. The third kappa shape index (κ3) is 6.36. The maximum Gasteiger partial charge on any atom is 0.279 e. The van der Waals surface area contributed by atoms with Crippen molar-refractivity contribution in [1.29, 1.82) is 0 Å². The van der Waals surface area contributed by atoms with Crippen LogP contribution in [-0.4, -0.2) is 72.6 Å². The Labute approximate surface area is 350 Å². The molecule has 60 heavy (non-hydrogen) atoms. The minimum atomic E-state index is -2.56. The molecule has 3 aliphatic rings. The monoisotopic (exact) mass is 822 g/mol. The lowest BCUT2D eigenvalue weighted by atomic mass is 9.82. The molecule has 0 bridgehead atoms. The van der Waals surface area contributed by atoms with Crippen LogP contribution in [0, 0.1) is 5.92 Å². The van der Waals surface area contributed by atoms with Crippen LogP contribution in [0.25, 0.3) is 16.6 Å². The van der Waals surface area contributed by atoms with E-state index in [4.69, 9.17) is 14.2 Å². The molecule has 2 amide bonds. The highest BCUT2D eigenvalue weighted by Gasteiger charge is 2.66. The summed E-state index contributed by atoms with van der Waals surface area (Å²) in [5.41, 5.74) is 4.26. The van der Waals surface area contributed by atoms with E-state index < -0.39 is 19.8 Å². The summed E-state index contributed by atoms with van der Waals surface area (Å²) in [4.78, 5) is 46.9. The van der Waals surface area contributed by atoms with E-state index in [2.05, 4.69) is 43.3 Å². The number of aromatic nitrogens is 2. The Bertz CT molecular complexity index is 2660. The van der Waals surface area contributed by atoms with Gasteiger partial charge in [-0.05, 0) is 83.2 Å². The molecule has 1 fully saturated rings. The first-order chi connectivity index (χ1) is 29.0. The fourth-order valence-corrected chi connectivity index (χ4v) is 14.3. The fourth-order valence-electron chi connectivity index (χ4n) is 10.3. The molecule has 0 aliphatic carbocycles. The van der Waals surface area contributed by atoms with Crippen LogP contribution < -0.4 is 25.1 Å². The van der Waals surface area contributed by atoms with Gasteiger partial charge in [0.15, 0.2) is 5.60 Å². The van der Waals surface area contributed by atoms with E-state index >= 15 is 4.79 Å². The van der Waals surface area contributed by atoms with Gasteiger partial charge in [-0.15, -0.1) is 0 Å². The molecule has 1 spiro atoms. The lowest BCUT2D eigenvalue weighted by Crippen LogP contribution is -2.52. The molecule has 1 aromatic heterocycles. The maximum absolute atomic E-state index is 15.5. The zero-order valence-electron chi connectivity index (χ0n) is 34.6.